The van der Waals surface area contributed by atoms with Crippen LogP contribution in [0.1, 0.15) is 52.1 Å². The Labute approximate surface area is 117 Å². The van der Waals surface area contributed by atoms with Crippen LogP contribution in [0.15, 0.2) is 24.3 Å². The van der Waals surface area contributed by atoms with E-state index in [-0.39, 0.29) is 0 Å². The number of ether oxygens (including phenoxy) is 1. The molecule has 0 aliphatic heterocycles. The van der Waals surface area contributed by atoms with Crippen LogP contribution in [0, 0.1) is 11.8 Å². The van der Waals surface area contributed by atoms with E-state index in [1.807, 2.05) is 6.92 Å². The van der Waals surface area contributed by atoms with E-state index in [9.17, 15) is 0 Å². The van der Waals surface area contributed by atoms with E-state index in [2.05, 4.69) is 50.4 Å². The number of hydrogen-bond acceptors (Lipinski definition) is 2. The molecule has 0 radical (unpaired) electrons. The molecule has 0 aromatic heterocycles. The third-order valence-corrected chi connectivity index (χ3v) is 4.62. The molecule has 1 aliphatic rings. The quantitative estimate of drug-likeness (QED) is 0.859. The van der Waals surface area contributed by atoms with Crippen LogP contribution in [0.4, 0.5) is 0 Å². The molecule has 1 aromatic carbocycles. The van der Waals surface area contributed by atoms with Crippen LogP contribution in [0.2, 0.25) is 0 Å². The third kappa shape index (κ3) is 3.50. The second kappa shape index (κ2) is 6.42. The van der Waals surface area contributed by atoms with E-state index in [1.54, 1.807) is 0 Å². The average molecular weight is 261 g/mol. The Morgan fingerprint density at radius 3 is 2.42 bits per heavy atom. The molecule has 0 bridgehead atoms. The molecule has 0 amide bonds. The minimum Gasteiger partial charge on any atom is -0.494 e. The number of nitrogens with one attached hydrogen (secondary N) is 1. The van der Waals surface area contributed by atoms with Crippen LogP contribution in [-0.4, -0.2) is 12.6 Å². The van der Waals surface area contributed by atoms with E-state index in [0.29, 0.717) is 12.1 Å². The summed E-state index contributed by atoms with van der Waals surface area (Å²) in [5, 5.41) is 3.79. The maximum atomic E-state index is 5.48. The van der Waals surface area contributed by atoms with E-state index in [4.69, 9.17) is 4.74 Å². The highest BCUT2D eigenvalue weighted by Gasteiger charge is 2.30. The molecule has 0 heterocycles. The first-order chi connectivity index (χ1) is 9.11. The van der Waals surface area contributed by atoms with Crippen LogP contribution >= 0.6 is 0 Å². The lowest BCUT2D eigenvalue weighted by Crippen LogP contribution is -2.34. The number of rotatable bonds is 5. The van der Waals surface area contributed by atoms with E-state index >= 15 is 0 Å². The first kappa shape index (κ1) is 14.4. The van der Waals surface area contributed by atoms with Gasteiger partial charge < -0.3 is 10.1 Å². The molecule has 1 N–H and O–H groups in total. The maximum Gasteiger partial charge on any atom is 0.119 e. The molecule has 2 rings (SSSR count). The van der Waals surface area contributed by atoms with Gasteiger partial charge in [0.05, 0.1) is 6.61 Å². The summed E-state index contributed by atoms with van der Waals surface area (Å²) in [4.78, 5) is 0. The zero-order valence-corrected chi connectivity index (χ0v) is 12.6. The highest BCUT2D eigenvalue weighted by Crippen LogP contribution is 2.32. The topological polar surface area (TPSA) is 21.3 Å². The highest BCUT2D eigenvalue weighted by molar-refractivity contribution is 5.29. The smallest absolute Gasteiger partial charge is 0.119 e. The Morgan fingerprint density at radius 2 is 1.89 bits per heavy atom. The number of hydrogen-bond donors (Lipinski definition) is 1. The van der Waals surface area contributed by atoms with Crippen molar-refractivity contribution in [3.05, 3.63) is 29.8 Å². The molecule has 4 atom stereocenters. The third-order valence-electron chi connectivity index (χ3n) is 4.62. The average Bonchev–Trinajstić information content (AvgIpc) is 2.72. The van der Waals surface area contributed by atoms with E-state index < -0.39 is 0 Å². The molecule has 1 aromatic rings. The molecule has 0 saturated heterocycles. The van der Waals surface area contributed by atoms with Crippen molar-refractivity contribution >= 4 is 0 Å². The van der Waals surface area contributed by atoms with E-state index in [1.165, 1.54) is 18.4 Å². The summed E-state index contributed by atoms with van der Waals surface area (Å²) in [5.74, 6) is 2.59. The molecular weight excluding hydrogens is 234 g/mol. The van der Waals surface area contributed by atoms with Gasteiger partial charge in [-0.1, -0.05) is 26.0 Å². The van der Waals surface area contributed by atoms with Gasteiger partial charge in [0, 0.05) is 12.1 Å². The fourth-order valence-electron chi connectivity index (χ4n) is 3.04. The highest BCUT2D eigenvalue weighted by atomic mass is 16.5. The minimum atomic E-state index is 0.411. The van der Waals surface area contributed by atoms with Gasteiger partial charge in [-0.15, -0.1) is 0 Å². The Hall–Kier alpha value is -1.02. The van der Waals surface area contributed by atoms with Crippen molar-refractivity contribution in [2.24, 2.45) is 11.8 Å². The van der Waals surface area contributed by atoms with Gasteiger partial charge in [-0.25, -0.2) is 0 Å². The van der Waals surface area contributed by atoms with Crippen molar-refractivity contribution in [3.63, 3.8) is 0 Å². The van der Waals surface area contributed by atoms with Crippen LogP contribution in [0.25, 0.3) is 0 Å². The van der Waals surface area contributed by atoms with Crippen molar-refractivity contribution in [1.82, 2.24) is 5.32 Å². The van der Waals surface area contributed by atoms with Gasteiger partial charge in [-0.2, -0.15) is 0 Å². The lowest BCUT2D eigenvalue weighted by Gasteiger charge is -2.24. The first-order valence-corrected chi connectivity index (χ1v) is 7.60. The Bertz CT molecular complexity index is 387. The van der Waals surface area contributed by atoms with Crippen molar-refractivity contribution < 1.29 is 4.74 Å². The predicted molar refractivity (Wildman–Crippen MR) is 80.5 cm³/mol. The van der Waals surface area contributed by atoms with Gasteiger partial charge in [0.1, 0.15) is 5.75 Å². The maximum absolute atomic E-state index is 5.48. The molecule has 19 heavy (non-hydrogen) atoms. The Morgan fingerprint density at radius 1 is 1.21 bits per heavy atom. The molecule has 106 valence electrons. The zero-order chi connectivity index (χ0) is 13.8. The van der Waals surface area contributed by atoms with Gasteiger partial charge in [-0.05, 0) is 56.2 Å². The van der Waals surface area contributed by atoms with Crippen molar-refractivity contribution in [3.8, 4) is 5.75 Å². The van der Waals surface area contributed by atoms with Crippen LogP contribution < -0.4 is 10.1 Å². The van der Waals surface area contributed by atoms with E-state index in [0.717, 1.165) is 24.2 Å². The van der Waals surface area contributed by atoms with Crippen LogP contribution in [-0.2, 0) is 0 Å². The molecular formula is C17H27NO. The minimum absolute atomic E-state index is 0.411. The number of benzene rings is 1. The fourth-order valence-corrected chi connectivity index (χ4v) is 3.04. The molecule has 4 unspecified atom stereocenters. The lowest BCUT2D eigenvalue weighted by molar-refractivity contribution is 0.338. The van der Waals surface area contributed by atoms with Gasteiger partial charge in [-0.3, -0.25) is 0 Å². The summed E-state index contributed by atoms with van der Waals surface area (Å²) in [7, 11) is 0. The lowest BCUT2D eigenvalue weighted by atomic mass is 9.96. The van der Waals surface area contributed by atoms with Gasteiger partial charge in [0.15, 0.2) is 0 Å². The summed E-state index contributed by atoms with van der Waals surface area (Å²) >= 11 is 0. The molecule has 2 heteroatoms. The summed E-state index contributed by atoms with van der Waals surface area (Å²) < 4.78 is 5.48. The summed E-state index contributed by atoms with van der Waals surface area (Å²) in [5.41, 5.74) is 1.34. The summed E-state index contributed by atoms with van der Waals surface area (Å²) in [6, 6.07) is 9.55. The Balaban J connectivity index is 1.94. The normalized spacial score (nSPS) is 28.3. The summed E-state index contributed by atoms with van der Waals surface area (Å²) in [6.07, 6.45) is 2.67. The van der Waals surface area contributed by atoms with Gasteiger partial charge >= 0.3 is 0 Å². The zero-order valence-electron chi connectivity index (χ0n) is 12.6. The van der Waals surface area contributed by atoms with Crippen molar-refractivity contribution in [2.75, 3.05) is 6.61 Å². The molecule has 0 spiro atoms. The molecule has 1 fully saturated rings. The fraction of sp³-hybridized carbons (Fsp3) is 0.647. The van der Waals surface area contributed by atoms with Crippen molar-refractivity contribution in [2.45, 2.75) is 52.6 Å². The van der Waals surface area contributed by atoms with Gasteiger partial charge in [0.25, 0.3) is 0 Å². The van der Waals surface area contributed by atoms with Crippen molar-refractivity contribution in [1.29, 1.82) is 0 Å². The SMILES string of the molecule is CCOc1ccc(C(C)NC2CCC(C)C2C)cc1. The Kier molecular flexibility index (Phi) is 4.87. The van der Waals surface area contributed by atoms with Gasteiger partial charge in [0.2, 0.25) is 0 Å². The van der Waals surface area contributed by atoms with Crippen LogP contribution in [0.5, 0.6) is 5.75 Å². The predicted octanol–water partition coefficient (Wildman–Crippen LogP) is 4.17. The first-order valence-electron chi connectivity index (χ1n) is 7.60. The standard InChI is InChI=1S/C17H27NO/c1-5-19-16-9-7-15(8-10-16)14(4)18-17-11-6-12(2)13(17)3/h7-10,12-14,17-18H,5-6,11H2,1-4H3. The monoisotopic (exact) mass is 261 g/mol. The molecule has 1 aliphatic carbocycles. The molecule has 1 saturated carbocycles. The second-order valence-electron chi connectivity index (χ2n) is 5.91. The second-order valence-corrected chi connectivity index (χ2v) is 5.91. The largest absolute Gasteiger partial charge is 0.494 e. The summed E-state index contributed by atoms with van der Waals surface area (Å²) in [6.45, 7) is 9.74. The molecule has 2 nitrogen and oxygen atoms in total. The van der Waals surface area contributed by atoms with Crippen LogP contribution in [0.3, 0.4) is 0 Å².